The van der Waals surface area contributed by atoms with Crippen LogP contribution in [0.25, 0.3) is 0 Å². The third-order valence-electron chi connectivity index (χ3n) is 3.86. The number of sulfonamides is 1. The minimum absolute atomic E-state index is 0.0754. The number of nitrogens with one attached hydrogen (secondary N) is 1. The van der Waals surface area contributed by atoms with Gasteiger partial charge in [-0.05, 0) is 31.7 Å². The molecule has 1 atom stereocenters. The summed E-state index contributed by atoms with van der Waals surface area (Å²) in [4.78, 5) is 28.9. The summed E-state index contributed by atoms with van der Waals surface area (Å²) >= 11 is 0.951. The van der Waals surface area contributed by atoms with E-state index in [1.54, 1.807) is 5.38 Å². The largest absolute Gasteiger partial charge is 0.310 e. The van der Waals surface area contributed by atoms with Gasteiger partial charge in [0, 0.05) is 18.0 Å². The molecule has 1 fully saturated rings. The summed E-state index contributed by atoms with van der Waals surface area (Å²) in [6.07, 6.45) is 3.02. The van der Waals surface area contributed by atoms with E-state index in [-0.39, 0.29) is 29.0 Å². The Balaban J connectivity index is 2.37. The van der Waals surface area contributed by atoms with Gasteiger partial charge in [0.05, 0.1) is 6.54 Å². The number of hydrogen-bond acceptors (Lipinski definition) is 7. The van der Waals surface area contributed by atoms with Crippen LogP contribution in [0.1, 0.15) is 39.5 Å². The Labute approximate surface area is 146 Å². The van der Waals surface area contributed by atoms with Gasteiger partial charge in [-0.3, -0.25) is 9.59 Å². The number of aromatic nitrogens is 1. The van der Waals surface area contributed by atoms with E-state index in [0.29, 0.717) is 25.8 Å². The van der Waals surface area contributed by atoms with Crippen LogP contribution >= 0.6 is 11.3 Å². The van der Waals surface area contributed by atoms with Gasteiger partial charge in [0.2, 0.25) is 10.2 Å². The topological polar surface area (TPSA) is 96.4 Å². The van der Waals surface area contributed by atoms with Crippen LogP contribution in [0, 0.1) is 5.92 Å². The Morgan fingerprint density at radius 1 is 1.50 bits per heavy atom. The van der Waals surface area contributed by atoms with Gasteiger partial charge < -0.3 is 5.32 Å². The Hall–Kier alpha value is -1.32. The summed E-state index contributed by atoms with van der Waals surface area (Å²) < 4.78 is 26.5. The van der Waals surface area contributed by atoms with E-state index in [9.17, 15) is 18.0 Å². The highest BCUT2D eigenvalue weighted by Crippen LogP contribution is 2.25. The molecule has 0 aliphatic carbocycles. The Kier molecular flexibility index (Phi) is 6.47. The Bertz CT molecular complexity index is 671. The summed E-state index contributed by atoms with van der Waals surface area (Å²) in [6.45, 7) is 4.64. The van der Waals surface area contributed by atoms with Gasteiger partial charge in [-0.1, -0.05) is 13.8 Å². The number of carbonyl (C=O) groups is 2. The van der Waals surface area contributed by atoms with Gasteiger partial charge in [0.1, 0.15) is 6.04 Å². The second kappa shape index (κ2) is 8.17. The molecule has 1 aromatic heterocycles. The van der Waals surface area contributed by atoms with Crippen molar-refractivity contribution in [3.63, 3.8) is 0 Å². The normalized spacial score (nSPS) is 19.3. The van der Waals surface area contributed by atoms with Gasteiger partial charge in [-0.25, -0.2) is 9.29 Å². The van der Waals surface area contributed by atoms with Crippen molar-refractivity contribution in [2.75, 3.05) is 13.1 Å². The van der Waals surface area contributed by atoms with Crippen molar-refractivity contribution in [2.45, 2.75) is 49.9 Å². The molecule has 0 unspecified atom stereocenters. The number of carbonyl (C=O) groups excluding carboxylic acids is 2. The van der Waals surface area contributed by atoms with Crippen molar-refractivity contribution < 1.29 is 18.0 Å². The smallest absolute Gasteiger partial charge is 0.294 e. The molecule has 134 valence electrons. The number of ketones is 1. The van der Waals surface area contributed by atoms with Crippen LogP contribution in [0.5, 0.6) is 0 Å². The zero-order valence-electron chi connectivity index (χ0n) is 13.9. The van der Waals surface area contributed by atoms with Crippen LogP contribution in [0.4, 0.5) is 0 Å². The van der Waals surface area contributed by atoms with Gasteiger partial charge in [0.25, 0.3) is 10.0 Å². The molecular weight excluding hydrogens is 350 g/mol. The van der Waals surface area contributed by atoms with Crippen LogP contribution in [-0.2, 0) is 19.6 Å². The highest BCUT2D eigenvalue weighted by atomic mass is 32.2. The minimum Gasteiger partial charge on any atom is -0.310 e. The lowest BCUT2D eigenvalue weighted by Crippen LogP contribution is -2.49. The number of rotatable bonds is 6. The molecule has 0 saturated carbocycles. The third-order valence-corrected chi connectivity index (χ3v) is 6.86. The first-order chi connectivity index (χ1) is 11.3. The van der Waals surface area contributed by atoms with E-state index < -0.39 is 22.0 Å². The predicted octanol–water partition coefficient (Wildman–Crippen LogP) is 1.42. The van der Waals surface area contributed by atoms with Crippen LogP contribution in [0.15, 0.2) is 15.9 Å². The van der Waals surface area contributed by atoms with Crippen LogP contribution in [0.2, 0.25) is 0 Å². The lowest BCUT2D eigenvalue weighted by atomic mass is 10.1. The quantitative estimate of drug-likeness (QED) is 0.810. The van der Waals surface area contributed by atoms with Crippen LogP contribution < -0.4 is 5.32 Å². The molecule has 1 amide bonds. The van der Waals surface area contributed by atoms with Gasteiger partial charge in [-0.15, -0.1) is 11.3 Å². The number of thiazole rings is 1. The number of nitrogens with zero attached hydrogens (tertiary/aromatic N) is 2. The Morgan fingerprint density at radius 2 is 2.25 bits per heavy atom. The second-order valence-corrected chi connectivity index (χ2v) is 9.11. The van der Waals surface area contributed by atoms with Crippen molar-refractivity contribution in [1.29, 1.82) is 0 Å². The fourth-order valence-electron chi connectivity index (χ4n) is 2.58. The van der Waals surface area contributed by atoms with Gasteiger partial charge in [-0.2, -0.15) is 8.42 Å². The highest BCUT2D eigenvalue weighted by Gasteiger charge is 2.40. The first kappa shape index (κ1) is 19.0. The molecule has 9 heteroatoms. The minimum atomic E-state index is -4.11. The first-order valence-electron chi connectivity index (χ1n) is 8.04. The molecule has 1 saturated heterocycles. The molecule has 24 heavy (non-hydrogen) atoms. The molecule has 0 aromatic carbocycles. The average Bonchev–Trinajstić information content (AvgIpc) is 2.99. The number of hydrogen-bond donors (Lipinski definition) is 1. The first-order valence-corrected chi connectivity index (χ1v) is 10.4. The lowest BCUT2D eigenvalue weighted by molar-refractivity contribution is -0.133. The fraction of sp³-hybridized carbons (Fsp3) is 0.667. The molecule has 7 nitrogen and oxygen atoms in total. The number of amides is 1. The molecule has 1 aromatic rings. The monoisotopic (exact) mass is 373 g/mol. The molecule has 0 bridgehead atoms. The van der Waals surface area contributed by atoms with E-state index in [0.717, 1.165) is 15.6 Å². The molecule has 1 N–H and O–H groups in total. The van der Waals surface area contributed by atoms with Gasteiger partial charge in [0.15, 0.2) is 5.78 Å². The van der Waals surface area contributed by atoms with Crippen LogP contribution in [-0.4, -0.2) is 48.5 Å². The predicted molar refractivity (Wildman–Crippen MR) is 91.1 cm³/mol. The lowest BCUT2D eigenvalue weighted by Gasteiger charge is -2.28. The van der Waals surface area contributed by atoms with Crippen molar-refractivity contribution in [1.82, 2.24) is 14.6 Å². The maximum atomic E-state index is 12.9. The van der Waals surface area contributed by atoms with Crippen molar-refractivity contribution in [3.05, 3.63) is 11.6 Å². The van der Waals surface area contributed by atoms with E-state index in [2.05, 4.69) is 10.3 Å². The molecule has 0 spiro atoms. The van der Waals surface area contributed by atoms with Gasteiger partial charge >= 0.3 is 0 Å². The second-order valence-electron chi connectivity index (χ2n) is 6.23. The summed E-state index contributed by atoms with van der Waals surface area (Å²) in [5.74, 6) is -0.533. The standard InChI is InChI=1S/C15H23N3O4S2/c1-11(2)5-6-14(20)18(12-4-3-7-16-10-13(12)19)24(21,22)15-17-8-9-23-15/h8-9,11-12,16H,3-7,10H2,1-2H3/t12-/m0/s1. The SMILES string of the molecule is CC(C)CCC(=O)N([C@H]1CCCNCC1=O)S(=O)(=O)c1nccs1. The Morgan fingerprint density at radius 3 is 2.88 bits per heavy atom. The van der Waals surface area contributed by atoms with Crippen molar-refractivity contribution >= 4 is 33.1 Å². The zero-order chi connectivity index (χ0) is 17.7. The highest BCUT2D eigenvalue weighted by molar-refractivity contribution is 7.91. The van der Waals surface area contributed by atoms with E-state index in [1.165, 1.54) is 6.20 Å². The molecule has 2 rings (SSSR count). The van der Waals surface area contributed by atoms with Crippen LogP contribution in [0.3, 0.4) is 0 Å². The molecule has 0 radical (unpaired) electrons. The molecule has 2 heterocycles. The fourth-order valence-corrected chi connectivity index (χ4v) is 5.11. The van der Waals surface area contributed by atoms with E-state index in [1.807, 2.05) is 13.8 Å². The maximum absolute atomic E-state index is 12.9. The van der Waals surface area contributed by atoms with E-state index >= 15 is 0 Å². The average molecular weight is 374 g/mol. The summed E-state index contributed by atoms with van der Waals surface area (Å²) in [6, 6.07) is -0.950. The molecule has 1 aliphatic heterocycles. The third kappa shape index (κ3) is 4.40. The van der Waals surface area contributed by atoms with E-state index in [4.69, 9.17) is 0 Å². The zero-order valence-corrected chi connectivity index (χ0v) is 15.5. The van der Waals surface area contributed by atoms with Crippen molar-refractivity contribution in [3.8, 4) is 0 Å². The number of Topliss-reactive ketones (excluding diaryl/α,β-unsaturated/α-hetero) is 1. The molecule has 1 aliphatic rings. The summed E-state index contributed by atoms with van der Waals surface area (Å²) in [5.41, 5.74) is 0. The summed E-state index contributed by atoms with van der Waals surface area (Å²) in [5, 5.41) is 4.50. The summed E-state index contributed by atoms with van der Waals surface area (Å²) in [7, 11) is -4.11. The van der Waals surface area contributed by atoms with Crippen molar-refractivity contribution in [2.24, 2.45) is 5.92 Å². The maximum Gasteiger partial charge on any atom is 0.294 e. The molecular formula is C15H23N3O4S2.